The first-order valence-corrected chi connectivity index (χ1v) is 19.7. The van der Waals surface area contributed by atoms with Crippen molar-refractivity contribution in [3.63, 3.8) is 0 Å². The Kier molecular flexibility index (Phi) is 3.30. The molecule has 5 heavy (non-hydrogen) atoms. The second-order valence-electron chi connectivity index (χ2n) is 0.563. The maximum atomic E-state index is 2.66. The molecule has 0 radical (unpaired) electrons. The van der Waals surface area contributed by atoms with Crippen molar-refractivity contribution in [2.75, 3.05) is 0 Å². The van der Waals surface area contributed by atoms with Gasteiger partial charge < -0.3 is 0 Å². The molecule has 1 aliphatic rings. The molecule has 0 saturated carbocycles. The molecule has 0 aromatic heterocycles. The van der Waals surface area contributed by atoms with Gasteiger partial charge in [-0.25, -0.2) is 0 Å². The molecule has 0 aromatic carbocycles. The number of hydrogen-bond acceptors (Lipinski definition) is 0. The van der Waals surface area contributed by atoms with Crippen LogP contribution in [-0.2, 0) is 0 Å². The average molecular weight is 314 g/mol. The van der Waals surface area contributed by atoms with E-state index in [0.717, 1.165) is 35.4 Å². The minimum atomic E-state index is 0.691. The molecule has 1 rings (SSSR count). The van der Waals surface area contributed by atoms with Crippen LogP contribution >= 0.6 is 0 Å². The molecule has 0 aliphatic carbocycles. The monoisotopic (exact) mass is 314 g/mol. The molecule has 0 bridgehead atoms. The van der Waals surface area contributed by atoms with Crippen LogP contribution in [0.1, 0.15) is 0 Å². The molecule has 0 saturated heterocycles. The zero-order valence-electron chi connectivity index (χ0n) is 2.42. The summed E-state index contributed by atoms with van der Waals surface area (Å²) in [4.78, 5) is 0. The van der Waals surface area contributed by atoms with Gasteiger partial charge in [-0.3, -0.25) is 0 Å². The standard InChI is InChI=1S/CH2As4/c1-2-4-5-3-1/h1-2H. The third kappa shape index (κ3) is 2.04. The van der Waals surface area contributed by atoms with Gasteiger partial charge in [-0.1, -0.05) is 0 Å². The Morgan fingerprint density at radius 2 is 2.60 bits per heavy atom. The average Bonchev–Trinajstić information content (AvgIpc) is 1.76. The van der Waals surface area contributed by atoms with E-state index in [2.05, 4.69) is 3.59 Å². The van der Waals surface area contributed by atoms with E-state index in [9.17, 15) is 0 Å². The second-order valence-corrected chi connectivity index (χ2v) is 36.7. The van der Waals surface area contributed by atoms with Gasteiger partial charge in [-0.05, 0) is 0 Å². The summed E-state index contributed by atoms with van der Waals surface area (Å²) in [5, 5.41) is 0. The van der Waals surface area contributed by atoms with Gasteiger partial charge in [0.15, 0.2) is 0 Å². The Morgan fingerprint density at radius 1 is 1.60 bits per heavy atom. The fourth-order valence-electron chi connectivity index (χ4n) is 0.129. The first-order valence-electron chi connectivity index (χ1n) is 1.17. The predicted octanol–water partition coefficient (Wildman–Crippen LogP) is -1.95. The van der Waals surface area contributed by atoms with Crippen molar-refractivity contribution in [3.8, 4) is 0 Å². The first-order chi connectivity index (χ1) is 2.50. The summed E-state index contributed by atoms with van der Waals surface area (Å²) in [7, 11) is 0. The molecular weight excluding hydrogens is 312 g/mol. The number of hydrogen-bond donors (Lipinski definition) is 0. The molecule has 1 heterocycles. The van der Waals surface area contributed by atoms with Crippen molar-refractivity contribution >= 4 is 52.7 Å². The number of rotatable bonds is 0. The molecule has 0 spiro atoms. The van der Waals surface area contributed by atoms with Gasteiger partial charge in [0, 0.05) is 0 Å². The van der Waals surface area contributed by atoms with E-state index >= 15 is 0 Å². The molecule has 0 N–H and O–H groups in total. The Morgan fingerprint density at radius 3 is 2.80 bits per heavy atom. The molecule has 0 nitrogen and oxygen atoms in total. The van der Waals surface area contributed by atoms with Crippen LogP contribution in [0, 0.1) is 0 Å². The first kappa shape index (κ1) is 5.24. The zero-order chi connectivity index (χ0) is 3.54. The van der Waals surface area contributed by atoms with Crippen LogP contribution in [0.25, 0.3) is 0 Å². The van der Waals surface area contributed by atoms with Gasteiger partial charge in [0.2, 0.25) is 0 Å². The molecule has 1 atom stereocenters. The van der Waals surface area contributed by atoms with E-state index in [4.69, 9.17) is 0 Å². The molecule has 4 heteroatoms. The van der Waals surface area contributed by atoms with Crippen LogP contribution in [0.4, 0.5) is 0 Å². The van der Waals surface area contributed by atoms with E-state index in [-0.39, 0.29) is 0 Å². The maximum absolute atomic E-state index is 2.66. The van der Waals surface area contributed by atoms with Crippen LogP contribution in [0.15, 0.2) is 0 Å². The summed E-state index contributed by atoms with van der Waals surface area (Å²) in [5.41, 5.74) is 0. The Bertz CT molecular complexity index is 61.7. The van der Waals surface area contributed by atoms with Gasteiger partial charge >= 0.3 is 52.7 Å². The van der Waals surface area contributed by atoms with Gasteiger partial charge in [0.1, 0.15) is 0 Å². The summed E-state index contributed by atoms with van der Waals surface area (Å²) in [6, 6.07) is 0. The van der Waals surface area contributed by atoms with Gasteiger partial charge in [-0.2, -0.15) is 0 Å². The summed E-state index contributed by atoms with van der Waals surface area (Å²) in [5.74, 6) is 0. The summed E-state index contributed by atoms with van der Waals surface area (Å²) in [6.07, 6.45) is 0. The van der Waals surface area contributed by atoms with E-state index in [1.165, 1.54) is 0 Å². The second kappa shape index (κ2) is 3.15. The molecule has 0 aromatic rings. The third-order valence-electron chi connectivity index (χ3n) is 0.270. The quantitative estimate of drug-likeness (QED) is 0.456. The third-order valence-corrected chi connectivity index (χ3v) is 64.1. The Hall–Kier alpha value is 2.10. The van der Waals surface area contributed by atoms with E-state index in [0.29, 0.717) is 13.7 Å². The van der Waals surface area contributed by atoms with Crippen molar-refractivity contribution in [1.29, 1.82) is 0 Å². The summed E-state index contributed by atoms with van der Waals surface area (Å²) in [6.45, 7) is 0. The van der Waals surface area contributed by atoms with E-state index < -0.39 is 0 Å². The SMILES string of the molecule is C1=[As][As]=[As][AsH]1. The van der Waals surface area contributed by atoms with Crippen LogP contribution in [0.5, 0.6) is 0 Å². The fourth-order valence-corrected chi connectivity index (χ4v) is 94.1. The van der Waals surface area contributed by atoms with Crippen molar-refractivity contribution < 1.29 is 0 Å². The van der Waals surface area contributed by atoms with Crippen LogP contribution in [0.2, 0.25) is 0 Å². The van der Waals surface area contributed by atoms with Crippen LogP contribution in [-0.4, -0.2) is 52.7 Å². The van der Waals surface area contributed by atoms with E-state index in [1.54, 1.807) is 0 Å². The molecule has 1 unspecified atom stereocenters. The normalized spacial score (nSPS) is 32.0. The van der Waals surface area contributed by atoms with Crippen molar-refractivity contribution in [3.05, 3.63) is 0 Å². The zero-order valence-corrected chi connectivity index (χ0v) is 10.1. The van der Waals surface area contributed by atoms with Crippen molar-refractivity contribution in [1.82, 2.24) is 0 Å². The molecule has 0 amide bonds. The van der Waals surface area contributed by atoms with Gasteiger partial charge in [0.25, 0.3) is 0 Å². The molecule has 1 aliphatic heterocycles. The van der Waals surface area contributed by atoms with Crippen LogP contribution in [0.3, 0.4) is 0 Å². The van der Waals surface area contributed by atoms with Crippen molar-refractivity contribution in [2.45, 2.75) is 0 Å². The van der Waals surface area contributed by atoms with Gasteiger partial charge in [-0.15, -0.1) is 0 Å². The topological polar surface area (TPSA) is 0 Å². The van der Waals surface area contributed by atoms with Gasteiger partial charge in [0.05, 0.1) is 0 Å². The fraction of sp³-hybridized carbons (Fsp3) is 0. The molecular formula is CH2As4. The minimum absolute atomic E-state index is 0.691. The molecule has 0 fully saturated rings. The predicted molar refractivity (Wildman–Crippen MR) is 30.5 cm³/mol. The molecule has 26 valence electrons. The Labute approximate surface area is 51.9 Å². The van der Waals surface area contributed by atoms with Crippen LogP contribution < -0.4 is 0 Å². The summed E-state index contributed by atoms with van der Waals surface area (Å²) >= 11 is 3.71. The van der Waals surface area contributed by atoms with Crippen molar-refractivity contribution in [2.24, 2.45) is 0 Å². The van der Waals surface area contributed by atoms with E-state index in [1.807, 2.05) is 0 Å². The Balaban J connectivity index is 2.61. The summed E-state index contributed by atoms with van der Waals surface area (Å²) < 4.78 is 2.66.